The Kier molecular flexibility index (Phi) is 21.4. The van der Waals surface area contributed by atoms with Crippen LogP contribution in [0.2, 0.25) is 0 Å². The molecule has 121 heavy (non-hydrogen) atoms. The lowest BCUT2D eigenvalue weighted by molar-refractivity contribution is -0.384. The monoisotopic (exact) mass is 1590 g/mol. The maximum atomic E-state index is 14.4. The van der Waals surface area contributed by atoms with Crippen molar-refractivity contribution in [3.05, 3.63) is 438 Å². The number of nitro groups is 1. The van der Waals surface area contributed by atoms with Crippen molar-refractivity contribution in [3.8, 4) is 59.1 Å². The molecule has 20 rings (SSSR count). The highest BCUT2D eigenvalue weighted by Crippen LogP contribution is 2.52. The second-order valence-electron chi connectivity index (χ2n) is 28.3. The van der Waals surface area contributed by atoms with Crippen molar-refractivity contribution in [2.45, 2.75) is 29.6 Å². The summed E-state index contributed by atoms with van der Waals surface area (Å²) in [6.45, 7) is 0. The van der Waals surface area contributed by atoms with Gasteiger partial charge in [-0.05, 0) is 97.7 Å². The van der Waals surface area contributed by atoms with E-state index in [0.29, 0.717) is 56.4 Å². The summed E-state index contributed by atoms with van der Waals surface area (Å²) >= 11 is 0. The van der Waals surface area contributed by atoms with E-state index in [2.05, 4.69) is 34.2 Å². The molecule has 15 aromatic rings. The molecule has 7 heterocycles. The molecule has 0 aliphatic carbocycles. The minimum absolute atomic E-state index is 0.0212. The molecule has 5 atom stereocenters. The third-order valence-corrected chi connectivity index (χ3v) is 21.5. The molecular weight excluding hydrogens is 1530 g/mol. The van der Waals surface area contributed by atoms with E-state index in [-0.39, 0.29) is 69.5 Å². The predicted octanol–water partition coefficient (Wildman–Crippen LogP) is 19.4. The zero-order chi connectivity index (χ0) is 84.1. The van der Waals surface area contributed by atoms with Crippen LogP contribution in [0.3, 0.4) is 0 Å². The Morgan fingerprint density at radius 3 is 0.983 bits per heavy atom. The first-order valence-corrected chi connectivity index (χ1v) is 37.7. The van der Waals surface area contributed by atoms with Crippen molar-refractivity contribution in [2.24, 2.45) is 28.7 Å². The van der Waals surface area contributed by atoms with E-state index in [1.54, 1.807) is 55.1 Å². The predicted molar refractivity (Wildman–Crippen MR) is 451 cm³/mol. The van der Waals surface area contributed by atoms with Crippen LogP contribution in [0.25, 0.3) is 53.9 Å². The van der Waals surface area contributed by atoms with E-state index in [0.717, 1.165) is 111 Å². The molecule has 0 spiro atoms. The van der Waals surface area contributed by atoms with Crippen LogP contribution in [0.1, 0.15) is 85.2 Å². The number of benzene rings is 13. The van der Waals surface area contributed by atoms with E-state index in [4.69, 9.17) is 52.4 Å². The van der Waals surface area contributed by atoms with E-state index in [1.807, 2.05) is 206 Å². The van der Waals surface area contributed by atoms with Crippen LogP contribution in [0.4, 0.5) is 18.9 Å². The number of nitro benzene ring substituents is 1. The van der Waals surface area contributed by atoms with Gasteiger partial charge in [0, 0.05) is 97.2 Å². The molecule has 13 aromatic carbocycles. The summed E-state index contributed by atoms with van der Waals surface area (Å²) in [4.78, 5) is 18.9. The number of hydrogen-bond donors (Lipinski definition) is 5. The largest absolute Gasteiger partial charge is 0.440 e. The highest BCUT2D eigenvalue weighted by atomic mass is 19.1. The lowest BCUT2D eigenvalue weighted by Gasteiger charge is -2.27. The Morgan fingerprint density at radius 2 is 0.628 bits per heavy atom. The molecule has 584 valence electrons. The molecule has 5 unspecified atom stereocenters. The van der Waals surface area contributed by atoms with Gasteiger partial charge in [0.1, 0.15) is 104 Å². The quantitative estimate of drug-likeness (QED) is 0.0762. The van der Waals surface area contributed by atoms with Crippen molar-refractivity contribution >= 4 is 59.5 Å². The Balaban J connectivity index is 0.000000112. The number of ether oxygens (including phenoxy) is 5. The highest BCUT2D eigenvalue weighted by molar-refractivity contribution is 5.95. The minimum atomic E-state index is -0.825. The summed E-state index contributed by atoms with van der Waals surface area (Å²) in [7, 11) is 0. The fourth-order valence-corrected chi connectivity index (χ4v) is 16.0. The number of nitrogens with zero attached hydrogens (tertiary/aromatic N) is 8. The molecular formula is C98H64F3N13O7. The van der Waals surface area contributed by atoms with E-state index < -0.39 is 34.3 Å². The zero-order valence-electron chi connectivity index (χ0n) is 63.6. The summed E-state index contributed by atoms with van der Waals surface area (Å²) in [6, 6.07) is 92.2. The van der Waals surface area contributed by atoms with Crippen molar-refractivity contribution in [2.75, 3.05) is 0 Å². The maximum Gasteiger partial charge on any atom is 0.269 e. The van der Waals surface area contributed by atoms with Crippen LogP contribution in [-0.4, -0.2) is 14.9 Å². The van der Waals surface area contributed by atoms with Gasteiger partial charge >= 0.3 is 0 Å². The first-order chi connectivity index (χ1) is 59.0. The van der Waals surface area contributed by atoms with Gasteiger partial charge in [0.05, 0.1) is 34.5 Å². The van der Waals surface area contributed by atoms with Crippen LogP contribution < -0.4 is 52.4 Å². The Morgan fingerprint density at radius 1 is 0.306 bits per heavy atom. The number of halogens is 3. The average molecular weight is 1590 g/mol. The first-order valence-electron chi connectivity index (χ1n) is 37.7. The maximum absolute atomic E-state index is 14.4. The van der Waals surface area contributed by atoms with Crippen LogP contribution in [0.15, 0.2) is 355 Å². The molecule has 0 saturated carbocycles. The Bertz CT molecular complexity index is 7000. The van der Waals surface area contributed by atoms with Crippen molar-refractivity contribution in [3.63, 3.8) is 0 Å². The zero-order valence-corrected chi connectivity index (χ0v) is 63.6. The fourth-order valence-electron chi connectivity index (χ4n) is 16.0. The van der Waals surface area contributed by atoms with Gasteiger partial charge in [0.15, 0.2) is 0 Å². The second kappa shape index (κ2) is 33.3. The molecule has 10 N–H and O–H groups in total. The van der Waals surface area contributed by atoms with Gasteiger partial charge in [-0.25, -0.2) is 13.2 Å². The topological polar surface area (TPSA) is 364 Å². The molecule has 5 aliphatic heterocycles. The Hall–Kier alpha value is -17.2. The fraction of sp³-hybridized carbons (Fsp3) is 0.0510. The van der Waals surface area contributed by atoms with Gasteiger partial charge in [-0.1, -0.05) is 212 Å². The molecule has 5 aliphatic rings. The number of hydrogen-bond acceptors (Lipinski definition) is 19. The van der Waals surface area contributed by atoms with Crippen molar-refractivity contribution in [1.82, 2.24) is 9.97 Å². The number of allylic oxidation sites excluding steroid dienone is 5. The summed E-state index contributed by atoms with van der Waals surface area (Å²) in [5.74, 6) is -0.411. The van der Waals surface area contributed by atoms with Gasteiger partial charge in [-0.2, -0.15) is 26.3 Å². The number of rotatable bonds is 6. The lowest BCUT2D eigenvalue weighted by Crippen LogP contribution is -2.22. The number of non-ortho nitro benzene ring substituents is 1. The third kappa shape index (κ3) is 14.8. The van der Waals surface area contributed by atoms with Crippen molar-refractivity contribution < 1.29 is 41.8 Å². The van der Waals surface area contributed by atoms with Crippen LogP contribution >= 0.6 is 0 Å². The molecule has 0 fully saturated rings. The van der Waals surface area contributed by atoms with Gasteiger partial charge in [-0.15, -0.1) is 0 Å². The minimum Gasteiger partial charge on any atom is -0.440 e. The van der Waals surface area contributed by atoms with Gasteiger partial charge < -0.3 is 52.4 Å². The molecule has 0 saturated heterocycles. The number of nitriles is 5. The average Bonchev–Trinajstić information content (AvgIpc) is 0.768. The lowest BCUT2D eigenvalue weighted by atomic mass is 9.82. The van der Waals surface area contributed by atoms with Crippen LogP contribution in [-0.2, 0) is 0 Å². The second-order valence-corrected chi connectivity index (χ2v) is 28.3. The number of aromatic nitrogens is 2. The van der Waals surface area contributed by atoms with Gasteiger partial charge in [0.2, 0.25) is 29.4 Å². The summed E-state index contributed by atoms with van der Waals surface area (Å²) in [5.41, 5.74) is 38.7. The number of pyridine rings is 2. The standard InChI is InChI=1S/C20H12F2N2O.C20H13FN2O.C20H13N3O3.2C19H13N3O/c21-12-6-8-17(22)15(9-12)18-14-7-5-11-3-1-2-4-13(11)19(14)25-20(24)16(18)10-23;21-14-6-3-5-13(10-14)18-16-9-8-12-4-1-2-7-15(12)19(16)24-20(23)17(18)11-22;21-11-17-18(13-5-3-6-14(10-13)23(24)25)16-9-8-12-4-1-2-7-15(12)19(16)26-20(17)22;20-10-16-17(13-5-3-9-22-11-13)15-8-7-12-4-1-2-6-14(12)18(15)23-19(16)21;20-11-16-17(13-7-9-22-10-8-13)15-6-5-12-3-1-2-4-14(12)18(15)23-19(16)21/h1-9,18H,24H2;1-10,18H,23H2;1-10,18H,22H2;1-9,11,17H,21H2;1-10,17H,21H2. The molecule has 0 radical (unpaired) electrons. The number of nitrogens with two attached hydrogens (primary N) is 5. The molecule has 23 heteroatoms. The van der Waals surface area contributed by atoms with Crippen molar-refractivity contribution in [1.29, 1.82) is 26.3 Å². The van der Waals surface area contributed by atoms with Gasteiger partial charge in [-0.3, -0.25) is 20.1 Å². The van der Waals surface area contributed by atoms with E-state index >= 15 is 0 Å². The summed E-state index contributed by atoms with van der Waals surface area (Å²) in [6.07, 6.45) is 6.91. The molecule has 0 bridgehead atoms. The van der Waals surface area contributed by atoms with Crippen LogP contribution in [0.5, 0.6) is 28.7 Å². The van der Waals surface area contributed by atoms with E-state index in [1.165, 1.54) is 24.3 Å². The number of fused-ring (bicyclic) bond motifs is 15. The smallest absolute Gasteiger partial charge is 0.269 e. The van der Waals surface area contributed by atoms with Crippen LogP contribution in [0, 0.1) is 84.2 Å². The first kappa shape index (κ1) is 77.7. The summed E-state index contributed by atoms with van der Waals surface area (Å²) < 4.78 is 70.7. The summed E-state index contributed by atoms with van der Waals surface area (Å²) in [5, 5.41) is 68.5. The molecule has 20 nitrogen and oxygen atoms in total. The molecule has 0 amide bonds. The Labute approximate surface area is 689 Å². The van der Waals surface area contributed by atoms with E-state index in [9.17, 15) is 49.6 Å². The van der Waals surface area contributed by atoms with Gasteiger partial charge in [0.25, 0.3) is 5.69 Å². The normalized spacial score (nSPS) is 16.3. The highest BCUT2D eigenvalue weighted by Gasteiger charge is 2.38. The third-order valence-electron chi connectivity index (χ3n) is 21.5. The molecule has 2 aromatic heterocycles. The SMILES string of the molecule is N#CC1=C(N)Oc2c(ccc3ccccc23)C1c1cc(F)ccc1F.N#CC1=C(N)Oc2c(ccc3ccccc23)C1c1cccc(F)c1.N#CC1=C(N)Oc2c(ccc3ccccc23)C1c1cccc([N+](=O)[O-])c1.N#CC1=C(N)Oc2c(ccc3ccccc23)C1c1cccnc1.N#CC1=C(N)Oc2c(ccc3ccccc23)C1c1ccncc1.